The highest BCUT2D eigenvalue weighted by molar-refractivity contribution is 5.87. The molecule has 0 aromatic heterocycles. The Morgan fingerprint density at radius 1 is 0.447 bits per heavy atom. The maximum absolute atomic E-state index is 4.66. The molecule has 0 fully saturated rings. The lowest BCUT2D eigenvalue weighted by atomic mass is 9.85. The summed E-state index contributed by atoms with van der Waals surface area (Å²) in [5.74, 6) is 0. The first-order valence-corrected chi connectivity index (χ1v) is 13.8. The number of nitrogens with one attached hydrogen (secondary N) is 2. The number of hydrogen-bond donors (Lipinski definition) is 2. The molecule has 0 unspecified atom stereocenters. The van der Waals surface area contributed by atoms with Gasteiger partial charge >= 0.3 is 0 Å². The SMILES string of the molecule is CC(C)(C)c1cc2cc(c1)C=NCCNCCN=Cc1cc(cc(C(C)(C)C)c1)C=NCCNCCN=C2. The van der Waals surface area contributed by atoms with Crippen LogP contribution in [0.4, 0.5) is 0 Å². The average Bonchev–Trinajstić information content (AvgIpc) is 2.85. The van der Waals surface area contributed by atoms with Crippen LogP contribution in [0.5, 0.6) is 0 Å². The molecule has 204 valence electrons. The maximum atomic E-state index is 4.66. The van der Waals surface area contributed by atoms with E-state index in [1.54, 1.807) is 0 Å². The second-order valence-corrected chi connectivity index (χ2v) is 11.9. The predicted octanol–water partition coefficient (Wildman–Crippen LogP) is 4.85. The minimum absolute atomic E-state index is 0.0633. The summed E-state index contributed by atoms with van der Waals surface area (Å²) in [7, 11) is 0. The van der Waals surface area contributed by atoms with Crippen LogP contribution in [-0.2, 0) is 10.8 Å². The highest BCUT2D eigenvalue weighted by Crippen LogP contribution is 2.25. The van der Waals surface area contributed by atoms with E-state index in [0.717, 1.165) is 74.6 Å². The third-order valence-corrected chi connectivity index (χ3v) is 6.32. The Morgan fingerprint density at radius 2 is 0.711 bits per heavy atom. The van der Waals surface area contributed by atoms with Crippen molar-refractivity contribution in [3.8, 4) is 0 Å². The standard InChI is InChI=1S/C32H46N6/c1-31(2,3)29-17-25-15-26(18-29)22-36-12-8-34-10-14-38-24-28-16-27(19-30(20-28)32(4,5)6)23-37-13-9-33-7-11-35-21-25/h15-24,33-34H,7-14H2,1-6H3. The van der Waals surface area contributed by atoms with Gasteiger partial charge in [0, 0.05) is 51.0 Å². The summed E-state index contributed by atoms with van der Waals surface area (Å²) in [4.78, 5) is 18.6. The Kier molecular flexibility index (Phi) is 11.1. The summed E-state index contributed by atoms with van der Waals surface area (Å²) in [6.45, 7) is 19.7. The lowest BCUT2D eigenvalue weighted by Crippen LogP contribution is -2.21. The van der Waals surface area contributed by atoms with Crippen LogP contribution in [-0.4, -0.2) is 77.2 Å². The van der Waals surface area contributed by atoms with E-state index in [1.165, 1.54) is 11.1 Å². The van der Waals surface area contributed by atoms with Crippen LogP contribution in [0.25, 0.3) is 0 Å². The molecule has 3 rings (SSSR count). The molecule has 0 amide bonds. The van der Waals surface area contributed by atoms with Gasteiger partial charge in [0.1, 0.15) is 0 Å². The number of benzene rings is 2. The van der Waals surface area contributed by atoms with E-state index in [0.29, 0.717) is 0 Å². The van der Waals surface area contributed by atoms with E-state index in [4.69, 9.17) is 0 Å². The maximum Gasteiger partial charge on any atom is 0.0514 e. The fourth-order valence-corrected chi connectivity index (χ4v) is 4.02. The normalized spacial score (nSPS) is 16.8. The third-order valence-electron chi connectivity index (χ3n) is 6.32. The Bertz CT molecular complexity index is 986. The summed E-state index contributed by atoms with van der Waals surface area (Å²) in [5, 5.41) is 6.89. The highest BCUT2D eigenvalue weighted by atomic mass is 14.9. The first-order chi connectivity index (χ1) is 18.1. The number of rotatable bonds is 0. The second-order valence-electron chi connectivity index (χ2n) is 11.9. The lowest BCUT2D eigenvalue weighted by molar-refractivity contribution is 0.590. The van der Waals surface area contributed by atoms with Crippen molar-refractivity contribution in [2.24, 2.45) is 20.0 Å². The number of nitrogens with zero attached hydrogens (tertiary/aromatic N) is 4. The molecule has 38 heavy (non-hydrogen) atoms. The molecule has 1 heterocycles. The number of aliphatic imine (C=N–C) groups is 4. The first-order valence-electron chi connectivity index (χ1n) is 13.8. The minimum atomic E-state index is 0.0633. The second kappa shape index (κ2) is 14.3. The lowest BCUT2D eigenvalue weighted by Gasteiger charge is -2.20. The van der Waals surface area contributed by atoms with Crippen LogP contribution >= 0.6 is 0 Å². The molecule has 0 radical (unpaired) electrons. The Morgan fingerprint density at radius 3 is 0.947 bits per heavy atom. The van der Waals surface area contributed by atoms with Gasteiger partial charge < -0.3 is 10.6 Å². The van der Waals surface area contributed by atoms with Gasteiger partial charge in [-0.05, 0) is 80.6 Å². The summed E-state index contributed by atoms with van der Waals surface area (Å²) in [6.07, 6.45) is 7.92. The zero-order valence-electron chi connectivity index (χ0n) is 24.2. The van der Waals surface area contributed by atoms with Gasteiger partial charge in [-0.2, -0.15) is 0 Å². The quantitative estimate of drug-likeness (QED) is 0.527. The van der Waals surface area contributed by atoms with Crippen LogP contribution in [0.2, 0.25) is 0 Å². The predicted molar refractivity (Wildman–Crippen MR) is 166 cm³/mol. The van der Waals surface area contributed by atoms with Crippen molar-refractivity contribution in [3.63, 3.8) is 0 Å². The van der Waals surface area contributed by atoms with Gasteiger partial charge in [-0.15, -0.1) is 0 Å². The summed E-state index contributed by atoms with van der Waals surface area (Å²) < 4.78 is 0. The summed E-state index contributed by atoms with van der Waals surface area (Å²) in [6, 6.07) is 13.2. The van der Waals surface area contributed by atoms with E-state index < -0.39 is 0 Å². The molecule has 0 atom stereocenters. The third kappa shape index (κ3) is 10.4. The van der Waals surface area contributed by atoms with Crippen molar-refractivity contribution in [3.05, 3.63) is 69.8 Å². The largest absolute Gasteiger partial charge is 0.313 e. The molecular weight excluding hydrogens is 468 g/mol. The van der Waals surface area contributed by atoms with Gasteiger partial charge in [0.05, 0.1) is 26.2 Å². The fraction of sp³-hybridized carbons (Fsp3) is 0.500. The molecule has 0 saturated heterocycles. The molecule has 2 aromatic rings. The molecule has 0 spiro atoms. The van der Waals surface area contributed by atoms with Crippen LogP contribution in [0.1, 0.15) is 74.9 Å². The van der Waals surface area contributed by atoms with Crippen LogP contribution in [0.15, 0.2) is 56.4 Å². The van der Waals surface area contributed by atoms with Gasteiger partial charge in [-0.1, -0.05) is 41.5 Å². The molecule has 2 aromatic carbocycles. The topological polar surface area (TPSA) is 73.5 Å². The van der Waals surface area contributed by atoms with E-state index >= 15 is 0 Å². The molecule has 1 aliphatic rings. The van der Waals surface area contributed by atoms with E-state index in [-0.39, 0.29) is 10.8 Å². The summed E-state index contributed by atoms with van der Waals surface area (Å²) in [5.41, 5.74) is 7.17. The van der Waals surface area contributed by atoms with Gasteiger partial charge in [0.15, 0.2) is 0 Å². The molecular formula is C32H46N6. The Balaban J connectivity index is 1.73. The molecule has 0 saturated carbocycles. The number of hydrogen-bond acceptors (Lipinski definition) is 6. The average molecular weight is 515 g/mol. The number of fused-ring (bicyclic) bond motifs is 4. The summed E-state index contributed by atoms with van der Waals surface area (Å²) >= 11 is 0. The molecule has 6 heteroatoms. The molecule has 0 aliphatic carbocycles. The fourth-order valence-electron chi connectivity index (χ4n) is 4.02. The van der Waals surface area contributed by atoms with Crippen molar-refractivity contribution in [1.29, 1.82) is 0 Å². The molecule has 1 aliphatic heterocycles. The Hall–Kier alpha value is -2.96. The zero-order valence-corrected chi connectivity index (χ0v) is 24.2. The zero-order chi connectivity index (χ0) is 27.4. The van der Waals surface area contributed by atoms with Gasteiger partial charge in [0.2, 0.25) is 0 Å². The van der Waals surface area contributed by atoms with Crippen LogP contribution in [0.3, 0.4) is 0 Å². The van der Waals surface area contributed by atoms with Crippen molar-refractivity contribution in [2.75, 3.05) is 52.4 Å². The Labute approximate surface area is 229 Å². The smallest absolute Gasteiger partial charge is 0.0514 e. The monoisotopic (exact) mass is 514 g/mol. The van der Waals surface area contributed by atoms with E-state index in [2.05, 4.69) is 109 Å². The van der Waals surface area contributed by atoms with Crippen molar-refractivity contribution >= 4 is 24.9 Å². The van der Waals surface area contributed by atoms with Gasteiger partial charge in [0.25, 0.3) is 0 Å². The van der Waals surface area contributed by atoms with Gasteiger partial charge in [-0.25, -0.2) is 0 Å². The van der Waals surface area contributed by atoms with Gasteiger partial charge in [-0.3, -0.25) is 20.0 Å². The van der Waals surface area contributed by atoms with Crippen molar-refractivity contribution in [2.45, 2.75) is 52.4 Å². The van der Waals surface area contributed by atoms with Crippen molar-refractivity contribution in [1.82, 2.24) is 10.6 Å². The first kappa shape index (κ1) is 29.6. The van der Waals surface area contributed by atoms with E-state index in [9.17, 15) is 0 Å². The highest BCUT2D eigenvalue weighted by Gasteiger charge is 2.15. The van der Waals surface area contributed by atoms with Crippen molar-refractivity contribution < 1.29 is 0 Å². The minimum Gasteiger partial charge on any atom is -0.313 e. The molecule has 2 N–H and O–H groups in total. The van der Waals surface area contributed by atoms with E-state index in [1.807, 2.05) is 24.9 Å². The molecule has 4 bridgehead atoms. The molecule has 6 nitrogen and oxygen atoms in total. The van der Waals surface area contributed by atoms with Crippen LogP contribution < -0.4 is 10.6 Å². The van der Waals surface area contributed by atoms with Crippen LogP contribution in [0, 0.1) is 0 Å².